The molecule has 0 heterocycles. The van der Waals surface area contributed by atoms with Crippen LogP contribution in [-0.2, 0) is 4.74 Å². The number of hydrogen-bond acceptors (Lipinski definition) is 3. The fourth-order valence-corrected chi connectivity index (χ4v) is 2.19. The number of methoxy groups -OCH3 is 1. The third-order valence-corrected chi connectivity index (χ3v) is 3.63. The Hall–Kier alpha value is -1.06. The van der Waals surface area contributed by atoms with Crippen LogP contribution >= 0.6 is 0 Å². The highest BCUT2D eigenvalue weighted by Gasteiger charge is 2.19. The standard InChI is InChI=1S/C17H29NO2/c1-6-18-16(12-13-17(3,4)19-5)14-8-10-15(11-9-14)20-7-2/h8-11,16,18H,6-7,12-13H2,1-5H3. The summed E-state index contributed by atoms with van der Waals surface area (Å²) in [6.07, 6.45) is 2.08. The van der Waals surface area contributed by atoms with Crippen molar-refractivity contribution >= 4 is 0 Å². The van der Waals surface area contributed by atoms with Gasteiger partial charge in [-0.2, -0.15) is 0 Å². The zero-order valence-electron chi connectivity index (χ0n) is 13.5. The molecule has 1 aromatic carbocycles. The summed E-state index contributed by atoms with van der Waals surface area (Å²) < 4.78 is 11.0. The Labute approximate surface area is 123 Å². The summed E-state index contributed by atoms with van der Waals surface area (Å²) in [7, 11) is 1.78. The quantitative estimate of drug-likeness (QED) is 0.742. The van der Waals surface area contributed by atoms with Crippen molar-refractivity contribution in [2.75, 3.05) is 20.3 Å². The van der Waals surface area contributed by atoms with Crippen LogP contribution in [-0.4, -0.2) is 25.9 Å². The lowest BCUT2D eigenvalue weighted by Gasteiger charge is -2.26. The molecule has 0 saturated heterocycles. The Morgan fingerprint density at radius 3 is 2.30 bits per heavy atom. The summed E-state index contributed by atoms with van der Waals surface area (Å²) in [6, 6.07) is 8.76. The van der Waals surface area contributed by atoms with Crippen LogP contribution in [0.3, 0.4) is 0 Å². The van der Waals surface area contributed by atoms with E-state index in [1.807, 2.05) is 19.1 Å². The third-order valence-electron chi connectivity index (χ3n) is 3.63. The number of benzene rings is 1. The SMILES string of the molecule is CCNC(CCC(C)(C)OC)c1ccc(OCC)cc1. The van der Waals surface area contributed by atoms with Crippen LogP contribution in [0.1, 0.15) is 52.1 Å². The van der Waals surface area contributed by atoms with Crippen molar-refractivity contribution < 1.29 is 9.47 Å². The van der Waals surface area contributed by atoms with E-state index in [0.29, 0.717) is 12.6 Å². The van der Waals surface area contributed by atoms with Crippen molar-refractivity contribution in [3.05, 3.63) is 29.8 Å². The lowest BCUT2D eigenvalue weighted by molar-refractivity contribution is 0.0117. The van der Waals surface area contributed by atoms with Crippen LogP contribution in [0.5, 0.6) is 5.75 Å². The number of ether oxygens (including phenoxy) is 2. The number of rotatable bonds is 9. The first kappa shape index (κ1) is 17.0. The van der Waals surface area contributed by atoms with Gasteiger partial charge in [0, 0.05) is 13.2 Å². The Balaban J connectivity index is 2.69. The van der Waals surface area contributed by atoms with E-state index in [-0.39, 0.29) is 5.60 Å². The molecular weight excluding hydrogens is 250 g/mol. The summed E-state index contributed by atoms with van der Waals surface area (Å²) in [4.78, 5) is 0. The first-order valence-electron chi connectivity index (χ1n) is 7.53. The molecule has 0 aliphatic heterocycles. The maximum absolute atomic E-state index is 5.51. The van der Waals surface area contributed by atoms with Gasteiger partial charge in [-0.3, -0.25) is 0 Å². The van der Waals surface area contributed by atoms with Crippen LogP contribution in [0.15, 0.2) is 24.3 Å². The number of hydrogen-bond donors (Lipinski definition) is 1. The summed E-state index contributed by atoms with van der Waals surface area (Å²) in [5.74, 6) is 0.934. The van der Waals surface area contributed by atoms with Crippen molar-refractivity contribution in [2.24, 2.45) is 0 Å². The van der Waals surface area contributed by atoms with Crippen LogP contribution in [0, 0.1) is 0 Å². The van der Waals surface area contributed by atoms with Gasteiger partial charge in [0.25, 0.3) is 0 Å². The van der Waals surface area contributed by atoms with E-state index in [0.717, 1.165) is 25.1 Å². The van der Waals surface area contributed by atoms with Gasteiger partial charge in [-0.25, -0.2) is 0 Å². The van der Waals surface area contributed by atoms with Crippen LogP contribution in [0.25, 0.3) is 0 Å². The highest BCUT2D eigenvalue weighted by atomic mass is 16.5. The molecule has 20 heavy (non-hydrogen) atoms. The van der Waals surface area contributed by atoms with Gasteiger partial charge in [-0.1, -0.05) is 19.1 Å². The van der Waals surface area contributed by atoms with Gasteiger partial charge in [-0.05, 0) is 57.9 Å². The molecule has 1 rings (SSSR count). The maximum Gasteiger partial charge on any atom is 0.119 e. The van der Waals surface area contributed by atoms with Gasteiger partial charge in [0.05, 0.1) is 12.2 Å². The monoisotopic (exact) mass is 279 g/mol. The molecule has 3 heteroatoms. The van der Waals surface area contributed by atoms with Crippen molar-refractivity contribution in [1.29, 1.82) is 0 Å². The Bertz CT molecular complexity index is 373. The van der Waals surface area contributed by atoms with Crippen molar-refractivity contribution in [2.45, 2.75) is 52.2 Å². The van der Waals surface area contributed by atoms with E-state index in [2.05, 4.69) is 38.2 Å². The molecule has 0 radical (unpaired) electrons. The molecule has 1 aromatic rings. The maximum atomic E-state index is 5.51. The highest BCUT2D eigenvalue weighted by molar-refractivity contribution is 5.29. The molecule has 0 aliphatic carbocycles. The van der Waals surface area contributed by atoms with E-state index in [4.69, 9.17) is 9.47 Å². The van der Waals surface area contributed by atoms with Crippen molar-refractivity contribution in [3.8, 4) is 5.75 Å². The molecule has 0 spiro atoms. The van der Waals surface area contributed by atoms with Gasteiger partial charge < -0.3 is 14.8 Å². The smallest absolute Gasteiger partial charge is 0.119 e. The number of nitrogens with one attached hydrogen (secondary N) is 1. The zero-order valence-corrected chi connectivity index (χ0v) is 13.5. The predicted octanol–water partition coefficient (Wildman–Crippen LogP) is 3.94. The normalized spacial score (nSPS) is 13.2. The fourth-order valence-electron chi connectivity index (χ4n) is 2.19. The summed E-state index contributed by atoms with van der Waals surface area (Å²) in [5.41, 5.74) is 1.24. The first-order valence-corrected chi connectivity index (χ1v) is 7.53. The second kappa shape index (κ2) is 8.28. The van der Waals surface area contributed by atoms with E-state index >= 15 is 0 Å². The predicted molar refractivity (Wildman–Crippen MR) is 84.4 cm³/mol. The van der Waals surface area contributed by atoms with Crippen LogP contribution in [0.2, 0.25) is 0 Å². The van der Waals surface area contributed by atoms with Crippen LogP contribution < -0.4 is 10.1 Å². The second-order valence-electron chi connectivity index (χ2n) is 5.61. The van der Waals surface area contributed by atoms with Gasteiger partial charge in [0.15, 0.2) is 0 Å². The summed E-state index contributed by atoms with van der Waals surface area (Å²) >= 11 is 0. The third kappa shape index (κ3) is 5.51. The minimum Gasteiger partial charge on any atom is -0.494 e. The molecular formula is C17H29NO2. The summed E-state index contributed by atoms with van der Waals surface area (Å²) in [6.45, 7) is 10.1. The Morgan fingerprint density at radius 2 is 1.80 bits per heavy atom. The molecule has 1 N–H and O–H groups in total. The van der Waals surface area contributed by atoms with E-state index in [1.165, 1.54) is 5.56 Å². The molecule has 1 unspecified atom stereocenters. The van der Waals surface area contributed by atoms with Gasteiger partial charge in [0.1, 0.15) is 5.75 Å². The van der Waals surface area contributed by atoms with Gasteiger partial charge in [0.2, 0.25) is 0 Å². The second-order valence-corrected chi connectivity index (χ2v) is 5.61. The molecule has 1 atom stereocenters. The highest BCUT2D eigenvalue weighted by Crippen LogP contribution is 2.25. The molecule has 0 bridgehead atoms. The summed E-state index contributed by atoms with van der Waals surface area (Å²) in [5, 5.41) is 3.55. The van der Waals surface area contributed by atoms with E-state index in [9.17, 15) is 0 Å². The first-order chi connectivity index (χ1) is 9.52. The van der Waals surface area contributed by atoms with Crippen molar-refractivity contribution in [1.82, 2.24) is 5.32 Å². The molecule has 0 amide bonds. The molecule has 114 valence electrons. The molecule has 0 saturated carbocycles. The largest absolute Gasteiger partial charge is 0.494 e. The fraction of sp³-hybridized carbons (Fsp3) is 0.647. The molecule has 0 aliphatic rings. The van der Waals surface area contributed by atoms with Crippen LogP contribution in [0.4, 0.5) is 0 Å². The lowest BCUT2D eigenvalue weighted by Crippen LogP contribution is -2.27. The minimum atomic E-state index is -0.0705. The van der Waals surface area contributed by atoms with Gasteiger partial charge in [-0.15, -0.1) is 0 Å². The molecule has 0 aromatic heterocycles. The Kier molecular flexibility index (Phi) is 7.03. The topological polar surface area (TPSA) is 30.5 Å². The Morgan fingerprint density at radius 1 is 1.15 bits per heavy atom. The molecule has 0 fully saturated rings. The van der Waals surface area contributed by atoms with Gasteiger partial charge >= 0.3 is 0 Å². The average molecular weight is 279 g/mol. The molecule has 3 nitrogen and oxygen atoms in total. The average Bonchev–Trinajstić information content (AvgIpc) is 2.45. The van der Waals surface area contributed by atoms with E-state index < -0.39 is 0 Å². The van der Waals surface area contributed by atoms with Crippen molar-refractivity contribution in [3.63, 3.8) is 0 Å². The zero-order chi connectivity index (χ0) is 15.0. The van der Waals surface area contributed by atoms with E-state index in [1.54, 1.807) is 7.11 Å². The minimum absolute atomic E-state index is 0.0705. The lowest BCUT2D eigenvalue weighted by atomic mass is 9.95.